The molecule has 1 heterocycles. The Morgan fingerprint density at radius 2 is 1.63 bits per heavy atom. The van der Waals surface area contributed by atoms with Crippen LogP contribution in [0.2, 0.25) is 0 Å². The van der Waals surface area contributed by atoms with E-state index in [0.717, 1.165) is 16.8 Å². The van der Waals surface area contributed by atoms with Crippen molar-refractivity contribution in [3.8, 4) is 0 Å². The third-order valence-corrected chi connectivity index (χ3v) is 4.29. The number of aromatic nitrogens is 1. The van der Waals surface area contributed by atoms with Gasteiger partial charge in [0, 0.05) is 17.2 Å². The van der Waals surface area contributed by atoms with E-state index in [-0.39, 0.29) is 0 Å². The summed E-state index contributed by atoms with van der Waals surface area (Å²) in [6.45, 7) is 9.34. The van der Waals surface area contributed by atoms with Gasteiger partial charge in [-0.2, -0.15) is 0 Å². The van der Waals surface area contributed by atoms with E-state index in [1.54, 1.807) is 0 Å². The van der Waals surface area contributed by atoms with E-state index in [1.165, 1.54) is 27.8 Å². The van der Waals surface area contributed by atoms with Gasteiger partial charge < -0.3 is 5.32 Å². The molecular weight excluding hydrogens is 300 g/mol. The van der Waals surface area contributed by atoms with Gasteiger partial charge in [-0.3, -0.25) is 0 Å². The predicted octanol–water partition coefficient (Wildman–Crippen LogP) is 4.69. The van der Waals surface area contributed by atoms with Crippen molar-refractivity contribution < 1.29 is 0 Å². The average Bonchev–Trinajstić information content (AvgIpc) is 2.36. The second-order valence-electron chi connectivity index (χ2n) is 5.04. The normalized spacial score (nSPS) is 10.6. The smallest absolute Gasteiger partial charge is 0.126 e. The van der Waals surface area contributed by atoms with Gasteiger partial charge in [-0.25, -0.2) is 4.98 Å². The lowest BCUT2D eigenvalue weighted by Crippen LogP contribution is -2.04. The largest absolute Gasteiger partial charge is 0.366 e. The number of halogens is 1. The molecule has 0 aliphatic carbocycles. The van der Waals surface area contributed by atoms with Gasteiger partial charge in [0.05, 0.1) is 0 Å². The fourth-order valence-electron chi connectivity index (χ4n) is 2.03. The Bertz CT molecular complexity index is 606. The first kappa shape index (κ1) is 14.1. The van der Waals surface area contributed by atoms with Gasteiger partial charge in [0.25, 0.3) is 0 Å². The Kier molecular flexibility index (Phi) is 4.25. The molecule has 0 aliphatic heterocycles. The zero-order valence-electron chi connectivity index (χ0n) is 11.8. The highest BCUT2D eigenvalue weighted by atomic mass is 79.9. The van der Waals surface area contributed by atoms with E-state index in [4.69, 9.17) is 0 Å². The van der Waals surface area contributed by atoms with Gasteiger partial charge in [-0.1, -0.05) is 12.1 Å². The molecule has 2 nitrogen and oxygen atoms in total. The molecule has 1 N–H and O–H groups in total. The molecule has 2 aromatic rings. The van der Waals surface area contributed by atoms with E-state index in [9.17, 15) is 0 Å². The molecule has 0 saturated carbocycles. The SMILES string of the molecule is Cc1cc(C)c(CNc2cc(C)c(Br)cn2)cc1C. The molecule has 1 aromatic carbocycles. The van der Waals surface area contributed by atoms with Crippen LogP contribution in [-0.2, 0) is 6.54 Å². The van der Waals surface area contributed by atoms with Crippen LogP contribution in [-0.4, -0.2) is 4.98 Å². The first-order valence-corrected chi connectivity index (χ1v) is 7.19. The van der Waals surface area contributed by atoms with Crippen LogP contribution in [0.5, 0.6) is 0 Å². The molecule has 0 bridgehead atoms. The minimum atomic E-state index is 0.807. The third kappa shape index (κ3) is 3.35. The van der Waals surface area contributed by atoms with Crippen molar-refractivity contribution in [2.24, 2.45) is 0 Å². The topological polar surface area (TPSA) is 24.9 Å². The Morgan fingerprint density at radius 1 is 0.947 bits per heavy atom. The zero-order chi connectivity index (χ0) is 14.0. The van der Waals surface area contributed by atoms with Crippen molar-refractivity contribution >= 4 is 21.7 Å². The molecule has 0 unspecified atom stereocenters. The summed E-state index contributed by atoms with van der Waals surface area (Å²) in [4.78, 5) is 4.37. The van der Waals surface area contributed by atoms with Crippen molar-refractivity contribution in [1.82, 2.24) is 4.98 Å². The molecule has 0 spiro atoms. The van der Waals surface area contributed by atoms with Gasteiger partial charge in [0.15, 0.2) is 0 Å². The van der Waals surface area contributed by atoms with Crippen LogP contribution in [0.4, 0.5) is 5.82 Å². The quantitative estimate of drug-likeness (QED) is 0.888. The predicted molar refractivity (Wildman–Crippen MR) is 84.7 cm³/mol. The third-order valence-electron chi connectivity index (χ3n) is 3.46. The summed E-state index contributed by atoms with van der Waals surface area (Å²) in [6, 6.07) is 6.55. The van der Waals surface area contributed by atoms with Crippen molar-refractivity contribution in [3.05, 3.63) is 56.7 Å². The number of hydrogen-bond donors (Lipinski definition) is 1. The van der Waals surface area contributed by atoms with Gasteiger partial charge >= 0.3 is 0 Å². The molecular formula is C16H19BrN2. The number of anilines is 1. The van der Waals surface area contributed by atoms with E-state index in [0.29, 0.717) is 0 Å². The van der Waals surface area contributed by atoms with Crippen molar-refractivity contribution in [2.45, 2.75) is 34.2 Å². The first-order valence-electron chi connectivity index (χ1n) is 6.40. The minimum absolute atomic E-state index is 0.807. The Balaban J connectivity index is 2.14. The number of nitrogens with zero attached hydrogens (tertiary/aromatic N) is 1. The van der Waals surface area contributed by atoms with Crippen LogP contribution in [0, 0.1) is 27.7 Å². The monoisotopic (exact) mass is 318 g/mol. The summed E-state index contributed by atoms with van der Waals surface area (Å²) in [5.74, 6) is 0.915. The molecule has 1 aromatic heterocycles. The Hall–Kier alpha value is -1.35. The number of aryl methyl sites for hydroxylation is 4. The highest BCUT2D eigenvalue weighted by Crippen LogP contribution is 2.19. The van der Waals surface area contributed by atoms with Crippen LogP contribution < -0.4 is 5.32 Å². The Morgan fingerprint density at radius 3 is 2.32 bits per heavy atom. The van der Waals surface area contributed by atoms with Crippen LogP contribution in [0.25, 0.3) is 0 Å². The summed E-state index contributed by atoms with van der Waals surface area (Å²) >= 11 is 3.46. The molecule has 0 atom stereocenters. The van der Waals surface area contributed by atoms with E-state index in [1.807, 2.05) is 6.20 Å². The molecule has 3 heteroatoms. The lowest BCUT2D eigenvalue weighted by Gasteiger charge is -2.12. The molecule has 19 heavy (non-hydrogen) atoms. The minimum Gasteiger partial charge on any atom is -0.366 e. The molecule has 0 saturated heterocycles. The van der Waals surface area contributed by atoms with Gasteiger partial charge in [-0.15, -0.1) is 0 Å². The van der Waals surface area contributed by atoms with Crippen LogP contribution >= 0.6 is 15.9 Å². The van der Waals surface area contributed by atoms with E-state index >= 15 is 0 Å². The number of hydrogen-bond acceptors (Lipinski definition) is 2. The maximum atomic E-state index is 4.37. The van der Waals surface area contributed by atoms with Crippen LogP contribution in [0.15, 0.2) is 28.9 Å². The number of pyridine rings is 1. The highest BCUT2D eigenvalue weighted by Gasteiger charge is 2.03. The number of benzene rings is 1. The maximum absolute atomic E-state index is 4.37. The fourth-order valence-corrected chi connectivity index (χ4v) is 2.25. The lowest BCUT2D eigenvalue weighted by atomic mass is 10.0. The zero-order valence-corrected chi connectivity index (χ0v) is 13.4. The van der Waals surface area contributed by atoms with E-state index in [2.05, 4.69) is 72.1 Å². The molecule has 0 radical (unpaired) electrons. The summed E-state index contributed by atoms with van der Waals surface area (Å²) < 4.78 is 1.04. The lowest BCUT2D eigenvalue weighted by molar-refractivity contribution is 1.07. The highest BCUT2D eigenvalue weighted by molar-refractivity contribution is 9.10. The van der Waals surface area contributed by atoms with E-state index < -0.39 is 0 Å². The summed E-state index contributed by atoms with van der Waals surface area (Å²) in [5.41, 5.74) is 6.52. The molecule has 100 valence electrons. The van der Waals surface area contributed by atoms with Crippen LogP contribution in [0.3, 0.4) is 0 Å². The second kappa shape index (κ2) is 5.74. The molecule has 0 aliphatic rings. The number of rotatable bonds is 3. The van der Waals surface area contributed by atoms with Gasteiger partial charge in [-0.05, 0) is 77.5 Å². The molecule has 0 amide bonds. The summed E-state index contributed by atoms with van der Waals surface area (Å²) in [6.07, 6.45) is 1.84. The van der Waals surface area contributed by atoms with Crippen molar-refractivity contribution in [3.63, 3.8) is 0 Å². The van der Waals surface area contributed by atoms with Crippen molar-refractivity contribution in [2.75, 3.05) is 5.32 Å². The number of nitrogens with one attached hydrogen (secondary N) is 1. The van der Waals surface area contributed by atoms with Gasteiger partial charge in [0.1, 0.15) is 5.82 Å². The summed E-state index contributed by atoms with van der Waals surface area (Å²) in [5, 5.41) is 3.38. The summed E-state index contributed by atoms with van der Waals surface area (Å²) in [7, 11) is 0. The van der Waals surface area contributed by atoms with Crippen molar-refractivity contribution in [1.29, 1.82) is 0 Å². The second-order valence-corrected chi connectivity index (χ2v) is 5.89. The average molecular weight is 319 g/mol. The molecule has 0 fully saturated rings. The van der Waals surface area contributed by atoms with Crippen LogP contribution in [0.1, 0.15) is 27.8 Å². The standard InChI is InChI=1S/C16H19BrN2/c1-10-5-12(3)14(6-11(10)2)8-18-16-7-13(4)15(17)9-19-16/h5-7,9H,8H2,1-4H3,(H,18,19). The molecule has 2 rings (SSSR count). The van der Waals surface area contributed by atoms with Gasteiger partial charge in [0.2, 0.25) is 0 Å². The Labute approximate surface area is 123 Å². The first-order chi connectivity index (χ1) is 8.97. The maximum Gasteiger partial charge on any atom is 0.126 e. The fraction of sp³-hybridized carbons (Fsp3) is 0.312.